The third-order valence-corrected chi connectivity index (χ3v) is 3.35. The fraction of sp³-hybridized carbons (Fsp3) is 0.467. The molecular formula is C15H20N2O4. The Labute approximate surface area is 123 Å². The molecular weight excluding hydrogens is 272 g/mol. The number of hydrogen-bond donors (Lipinski definition) is 1. The van der Waals surface area contributed by atoms with Crippen LogP contribution in [0.5, 0.6) is 0 Å². The molecule has 6 nitrogen and oxygen atoms in total. The van der Waals surface area contributed by atoms with E-state index in [1.807, 2.05) is 13.8 Å². The van der Waals surface area contributed by atoms with E-state index in [1.165, 1.54) is 11.2 Å². The van der Waals surface area contributed by atoms with Gasteiger partial charge < -0.3 is 19.4 Å². The van der Waals surface area contributed by atoms with Gasteiger partial charge >= 0.3 is 12.0 Å². The lowest BCUT2D eigenvalue weighted by Gasteiger charge is -2.32. The Morgan fingerprint density at radius 1 is 1.52 bits per heavy atom. The molecule has 0 aliphatic carbocycles. The van der Waals surface area contributed by atoms with Gasteiger partial charge in [0, 0.05) is 12.7 Å². The topological polar surface area (TPSA) is 71.8 Å². The fourth-order valence-electron chi connectivity index (χ4n) is 2.09. The number of allylic oxidation sites excluding steroid dienone is 1. The minimum atomic E-state index is -0.622. The Balaban J connectivity index is 2.34. The smallest absolute Gasteiger partial charge is 0.338 e. The Morgan fingerprint density at radius 3 is 2.81 bits per heavy atom. The minimum absolute atomic E-state index is 0.243. The van der Waals surface area contributed by atoms with Crippen molar-refractivity contribution in [3.63, 3.8) is 0 Å². The quantitative estimate of drug-likeness (QED) is 0.865. The van der Waals surface area contributed by atoms with Crippen molar-refractivity contribution in [3.8, 4) is 0 Å². The lowest BCUT2D eigenvalue weighted by Crippen LogP contribution is -2.46. The van der Waals surface area contributed by atoms with Crippen LogP contribution in [0.4, 0.5) is 4.79 Å². The number of ether oxygens (including phenoxy) is 1. The van der Waals surface area contributed by atoms with Crippen LogP contribution in [0, 0.1) is 5.92 Å². The zero-order chi connectivity index (χ0) is 15.6. The second kappa shape index (κ2) is 6.03. The van der Waals surface area contributed by atoms with Gasteiger partial charge in [0.15, 0.2) is 0 Å². The molecule has 1 N–H and O–H groups in total. The number of nitrogens with zero attached hydrogens (tertiary/aromatic N) is 1. The maximum Gasteiger partial charge on any atom is 0.338 e. The van der Waals surface area contributed by atoms with E-state index in [2.05, 4.69) is 5.32 Å². The van der Waals surface area contributed by atoms with Crippen LogP contribution in [0.25, 0.3) is 0 Å². The molecule has 2 heterocycles. The van der Waals surface area contributed by atoms with Crippen LogP contribution < -0.4 is 5.32 Å². The van der Waals surface area contributed by atoms with Crippen molar-refractivity contribution in [2.75, 3.05) is 13.7 Å². The van der Waals surface area contributed by atoms with Gasteiger partial charge in [0.2, 0.25) is 0 Å². The van der Waals surface area contributed by atoms with Gasteiger partial charge in [-0.1, -0.05) is 13.8 Å². The molecule has 0 radical (unpaired) electrons. The highest BCUT2D eigenvalue weighted by atomic mass is 16.5. The van der Waals surface area contributed by atoms with E-state index < -0.39 is 12.0 Å². The van der Waals surface area contributed by atoms with Crippen molar-refractivity contribution in [1.82, 2.24) is 10.2 Å². The van der Waals surface area contributed by atoms with E-state index in [0.29, 0.717) is 23.6 Å². The van der Waals surface area contributed by atoms with Gasteiger partial charge in [-0.25, -0.2) is 9.59 Å². The van der Waals surface area contributed by atoms with Crippen LogP contribution in [0.2, 0.25) is 0 Å². The summed E-state index contributed by atoms with van der Waals surface area (Å²) in [7, 11) is 1.61. The number of esters is 1. The van der Waals surface area contributed by atoms with Crippen molar-refractivity contribution in [1.29, 1.82) is 0 Å². The zero-order valence-electron chi connectivity index (χ0n) is 12.7. The van der Waals surface area contributed by atoms with Crippen LogP contribution in [-0.4, -0.2) is 30.6 Å². The average molecular weight is 292 g/mol. The van der Waals surface area contributed by atoms with Gasteiger partial charge in [-0.15, -0.1) is 0 Å². The third-order valence-electron chi connectivity index (χ3n) is 3.35. The summed E-state index contributed by atoms with van der Waals surface area (Å²) < 4.78 is 10.6. The summed E-state index contributed by atoms with van der Waals surface area (Å²) in [6, 6.07) is 2.53. The van der Waals surface area contributed by atoms with Gasteiger partial charge in [0.05, 0.1) is 18.4 Å². The first-order valence-electron chi connectivity index (χ1n) is 6.87. The SMILES string of the molecule is CC1=C(C(=O)OCC(C)C)C(c2ccco2)NC(=O)N1C. The monoisotopic (exact) mass is 292 g/mol. The molecule has 1 unspecified atom stereocenters. The van der Waals surface area contributed by atoms with Gasteiger partial charge in [0.1, 0.15) is 11.8 Å². The summed E-state index contributed by atoms with van der Waals surface area (Å²) in [5.74, 6) is 0.314. The van der Waals surface area contributed by atoms with E-state index >= 15 is 0 Å². The number of rotatable bonds is 4. The van der Waals surface area contributed by atoms with E-state index in [9.17, 15) is 9.59 Å². The molecule has 0 fully saturated rings. The standard InChI is InChI=1S/C15H20N2O4/c1-9(2)8-21-14(18)12-10(3)17(4)15(19)16-13(12)11-6-5-7-20-11/h5-7,9,13H,8H2,1-4H3,(H,16,19). The minimum Gasteiger partial charge on any atom is -0.467 e. The van der Waals surface area contributed by atoms with Crippen LogP contribution >= 0.6 is 0 Å². The van der Waals surface area contributed by atoms with E-state index in [1.54, 1.807) is 26.1 Å². The normalized spacial score (nSPS) is 19.0. The number of urea groups is 1. The first kappa shape index (κ1) is 15.2. The van der Waals surface area contributed by atoms with Crippen molar-refractivity contribution in [2.24, 2.45) is 5.92 Å². The first-order valence-corrected chi connectivity index (χ1v) is 6.87. The molecule has 114 valence electrons. The molecule has 0 saturated carbocycles. The summed E-state index contributed by atoms with van der Waals surface area (Å²) in [5, 5.41) is 2.75. The molecule has 0 aromatic carbocycles. The van der Waals surface area contributed by atoms with Gasteiger partial charge in [-0.2, -0.15) is 0 Å². The van der Waals surface area contributed by atoms with Crippen LogP contribution in [0.1, 0.15) is 32.6 Å². The first-order chi connectivity index (χ1) is 9.91. The molecule has 2 amide bonds. The van der Waals surface area contributed by atoms with E-state index in [0.717, 1.165) is 0 Å². The average Bonchev–Trinajstić information content (AvgIpc) is 2.95. The number of furan rings is 1. The fourth-order valence-corrected chi connectivity index (χ4v) is 2.09. The highest BCUT2D eigenvalue weighted by molar-refractivity contribution is 5.94. The molecule has 0 spiro atoms. The number of nitrogens with one attached hydrogen (secondary N) is 1. The lowest BCUT2D eigenvalue weighted by molar-refractivity contribution is -0.140. The molecule has 1 aromatic rings. The Kier molecular flexibility index (Phi) is 4.35. The molecule has 2 rings (SSSR count). The Bertz CT molecular complexity index is 560. The molecule has 1 aromatic heterocycles. The largest absolute Gasteiger partial charge is 0.467 e. The van der Waals surface area contributed by atoms with E-state index in [4.69, 9.17) is 9.15 Å². The molecule has 0 saturated heterocycles. The Morgan fingerprint density at radius 2 is 2.24 bits per heavy atom. The zero-order valence-corrected chi connectivity index (χ0v) is 12.7. The van der Waals surface area contributed by atoms with E-state index in [-0.39, 0.29) is 11.9 Å². The summed E-state index contributed by atoms with van der Waals surface area (Å²) in [6.07, 6.45) is 1.51. The predicted octanol–water partition coefficient (Wildman–Crippen LogP) is 2.45. The van der Waals surface area contributed by atoms with Crippen LogP contribution in [0.3, 0.4) is 0 Å². The predicted molar refractivity (Wildman–Crippen MR) is 76.2 cm³/mol. The maximum absolute atomic E-state index is 12.4. The second-order valence-electron chi connectivity index (χ2n) is 5.45. The summed E-state index contributed by atoms with van der Waals surface area (Å²) in [4.78, 5) is 25.7. The number of carbonyl (C=O) groups excluding carboxylic acids is 2. The molecule has 6 heteroatoms. The van der Waals surface area contributed by atoms with Crippen molar-refractivity contribution >= 4 is 12.0 Å². The number of hydrogen-bond acceptors (Lipinski definition) is 4. The second-order valence-corrected chi connectivity index (χ2v) is 5.45. The van der Waals surface area contributed by atoms with Crippen molar-refractivity contribution < 1.29 is 18.7 Å². The lowest BCUT2D eigenvalue weighted by atomic mass is 10.00. The van der Waals surface area contributed by atoms with Gasteiger partial charge in [-0.3, -0.25) is 0 Å². The molecule has 1 aliphatic heterocycles. The molecule has 1 aliphatic rings. The Hall–Kier alpha value is -2.24. The molecule has 1 atom stereocenters. The van der Waals surface area contributed by atoms with Crippen molar-refractivity contribution in [3.05, 3.63) is 35.4 Å². The number of amides is 2. The van der Waals surface area contributed by atoms with Gasteiger partial charge in [-0.05, 0) is 25.0 Å². The molecule has 0 bridgehead atoms. The van der Waals surface area contributed by atoms with Crippen LogP contribution in [0.15, 0.2) is 34.1 Å². The summed E-state index contributed by atoms with van der Waals surface area (Å²) in [6.45, 7) is 5.99. The van der Waals surface area contributed by atoms with Crippen LogP contribution in [-0.2, 0) is 9.53 Å². The summed E-state index contributed by atoms with van der Waals surface area (Å²) >= 11 is 0. The highest BCUT2D eigenvalue weighted by Gasteiger charge is 2.36. The van der Waals surface area contributed by atoms with Crippen molar-refractivity contribution in [2.45, 2.75) is 26.8 Å². The third kappa shape index (κ3) is 3.09. The maximum atomic E-state index is 12.4. The number of carbonyl (C=O) groups is 2. The summed E-state index contributed by atoms with van der Waals surface area (Å²) in [5.41, 5.74) is 0.960. The van der Waals surface area contributed by atoms with Gasteiger partial charge in [0.25, 0.3) is 0 Å². The highest BCUT2D eigenvalue weighted by Crippen LogP contribution is 2.30. The molecule has 21 heavy (non-hydrogen) atoms.